The van der Waals surface area contributed by atoms with Gasteiger partial charge >= 0.3 is 5.97 Å². The minimum atomic E-state index is -1.11. The summed E-state index contributed by atoms with van der Waals surface area (Å²) in [5.74, 6) is 2.25. The SMILES string of the molecule is Cc1oc(-c2ccc(-c3ccccc3)cc2)nc1CCOc1ccc(OC(C)(C)C(=O)OCCN2CCOCC2)cc1. The van der Waals surface area contributed by atoms with Crippen molar-refractivity contribution in [2.75, 3.05) is 46.1 Å². The molecule has 1 aliphatic heterocycles. The van der Waals surface area contributed by atoms with E-state index in [2.05, 4.69) is 29.2 Å². The van der Waals surface area contributed by atoms with Crippen LogP contribution in [-0.4, -0.2) is 67.5 Å². The molecule has 0 bridgehead atoms. The van der Waals surface area contributed by atoms with Crippen LogP contribution in [0.5, 0.6) is 11.5 Å². The highest BCUT2D eigenvalue weighted by Gasteiger charge is 2.32. The van der Waals surface area contributed by atoms with Gasteiger partial charge in [-0.1, -0.05) is 42.5 Å². The molecule has 0 unspecified atom stereocenters. The molecule has 5 rings (SSSR count). The van der Waals surface area contributed by atoms with Gasteiger partial charge in [0, 0.05) is 31.6 Å². The van der Waals surface area contributed by atoms with Crippen molar-refractivity contribution in [3.63, 3.8) is 0 Å². The summed E-state index contributed by atoms with van der Waals surface area (Å²) in [6.07, 6.45) is 0.610. The molecule has 220 valence electrons. The number of esters is 1. The van der Waals surface area contributed by atoms with Gasteiger partial charge in [0.15, 0.2) is 5.60 Å². The van der Waals surface area contributed by atoms with Gasteiger partial charge in [0.2, 0.25) is 5.89 Å². The molecule has 0 N–H and O–H groups in total. The number of aromatic nitrogens is 1. The van der Waals surface area contributed by atoms with Gasteiger partial charge in [-0.2, -0.15) is 0 Å². The number of oxazole rings is 1. The number of hydrogen-bond donors (Lipinski definition) is 0. The molecule has 0 atom stereocenters. The predicted molar refractivity (Wildman–Crippen MR) is 161 cm³/mol. The van der Waals surface area contributed by atoms with E-state index in [0.29, 0.717) is 56.8 Å². The Morgan fingerprint density at radius 3 is 2.21 bits per heavy atom. The number of carbonyl (C=O) groups is 1. The summed E-state index contributed by atoms with van der Waals surface area (Å²) >= 11 is 0. The van der Waals surface area contributed by atoms with Crippen LogP contribution in [0.4, 0.5) is 0 Å². The first-order chi connectivity index (χ1) is 20.4. The molecule has 0 saturated carbocycles. The van der Waals surface area contributed by atoms with E-state index in [9.17, 15) is 4.79 Å². The van der Waals surface area contributed by atoms with Crippen LogP contribution in [0.1, 0.15) is 25.3 Å². The monoisotopic (exact) mass is 570 g/mol. The normalized spacial score (nSPS) is 14.0. The average Bonchev–Trinajstić information content (AvgIpc) is 3.39. The van der Waals surface area contributed by atoms with Gasteiger partial charge in [-0.3, -0.25) is 4.90 Å². The summed E-state index contributed by atoms with van der Waals surface area (Å²) in [6, 6.07) is 25.7. The van der Waals surface area contributed by atoms with Gasteiger partial charge in [0.05, 0.1) is 25.5 Å². The van der Waals surface area contributed by atoms with Crippen LogP contribution in [0.15, 0.2) is 83.3 Å². The molecule has 4 aromatic rings. The zero-order valence-electron chi connectivity index (χ0n) is 24.5. The second kappa shape index (κ2) is 13.7. The van der Waals surface area contributed by atoms with Crippen molar-refractivity contribution in [2.45, 2.75) is 32.8 Å². The van der Waals surface area contributed by atoms with E-state index in [-0.39, 0.29) is 0 Å². The second-order valence-electron chi connectivity index (χ2n) is 10.7. The van der Waals surface area contributed by atoms with Crippen LogP contribution in [0.3, 0.4) is 0 Å². The van der Waals surface area contributed by atoms with Gasteiger partial charge in [-0.15, -0.1) is 0 Å². The fourth-order valence-corrected chi connectivity index (χ4v) is 4.69. The van der Waals surface area contributed by atoms with Crippen molar-refractivity contribution >= 4 is 5.97 Å². The number of nitrogens with zero attached hydrogens (tertiary/aromatic N) is 2. The van der Waals surface area contributed by atoms with E-state index in [0.717, 1.165) is 35.7 Å². The van der Waals surface area contributed by atoms with Crippen molar-refractivity contribution in [2.24, 2.45) is 0 Å². The molecule has 0 amide bonds. The third kappa shape index (κ3) is 7.78. The molecule has 1 aromatic heterocycles. The minimum Gasteiger partial charge on any atom is -0.493 e. The third-order valence-electron chi connectivity index (χ3n) is 7.17. The fourth-order valence-electron chi connectivity index (χ4n) is 4.69. The van der Waals surface area contributed by atoms with E-state index >= 15 is 0 Å². The predicted octanol–water partition coefficient (Wildman–Crippen LogP) is 5.97. The molecule has 0 spiro atoms. The average molecular weight is 571 g/mol. The number of morpholine rings is 1. The molecule has 1 saturated heterocycles. The zero-order chi connectivity index (χ0) is 29.4. The number of hydrogen-bond acceptors (Lipinski definition) is 8. The molecule has 1 aliphatic rings. The van der Waals surface area contributed by atoms with E-state index in [1.165, 1.54) is 5.56 Å². The van der Waals surface area contributed by atoms with Crippen LogP contribution in [-0.2, 0) is 20.7 Å². The lowest BCUT2D eigenvalue weighted by Gasteiger charge is -2.28. The Kier molecular flexibility index (Phi) is 9.56. The Bertz CT molecular complexity index is 1430. The Hall–Kier alpha value is -4.14. The molecular weight excluding hydrogens is 532 g/mol. The Balaban J connectivity index is 1.08. The first kappa shape index (κ1) is 29.4. The minimum absolute atomic E-state index is 0.325. The smallest absolute Gasteiger partial charge is 0.349 e. The molecule has 42 heavy (non-hydrogen) atoms. The largest absolute Gasteiger partial charge is 0.493 e. The van der Waals surface area contributed by atoms with Gasteiger partial charge in [-0.25, -0.2) is 9.78 Å². The molecule has 1 fully saturated rings. The molecule has 8 heteroatoms. The molecule has 0 aliphatic carbocycles. The highest BCUT2D eigenvalue weighted by molar-refractivity contribution is 5.79. The summed E-state index contributed by atoms with van der Waals surface area (Å²) in [5.41, 5.74) is 3.01. The maximum Gasteiger partial charge on any atom is 0.349 e. The molecule has 3 aromatic carbocycles. The molecule has 0 radical (unpaired) electrons. The van der Waals surface area contributed by atoms with E-state index < -0.39 is 11.6 Å². The quantitative estimate of drug-likeness (QED) is 0.193. The van der Waals surface area contributed by atoms with Gasteiger partial charge in [-0.05, 0) is 68.3 Å². The third-order valence-corrected chi connectivity index (χ3v) is 7.17. The Morgan fingerprint density at radius 2 is 1.50 bits per heavy atom. The van der Waals surface area contributed by atoms with E-state index in [4.69, 9.17) is 28.3 Å². The summed E-state index contributed by atoms with van der Waals surface area (Å²) in [7, 11) is 0. The highest BCUT2D eigenvalue weighted by atomic mass is 16.6. The fraction of sp³-hybridized carbons (Fsp3) is 0.353. The Morgan fingerprint density at radius 1 is 0.857 bits per heavy atom. The second-order valence-corrected chi connectivity index (χ2v) is 10.7. The summed E-state index contributed by atoms with van der Waals surface area (Å²) < 4.78 is 28.7. The van der Waals surface area contributed by atoms with Crippen LogP contribution in [0, 0.1) is 6.92 Å². The van der Waals surface area contributed by atoms with E-state index in [1.54, 1.807) is 26.0 Å². The first-order valence-electron chi connectivity index (χ1n) is 14.4. The number of aryl methyl sites for hydroxylation is 1. The maximum atomic E-state index is 12.6. The molecular formula is C34H38N2O6. The molecule has 2 heterocycles. The zero-order valence-corrected chi connectivity index (χ0v) is 24.5. The lowest BCUT2D eigenvalue weighted by molar-refractivity contribution is -0.159. The first-order valence-corrected chi connectivity index (χ1v) is 14.4. The number of carbonyl (C=O) groups excluding carboxylic acids is 1. The summed E-state index contributed by atoms with van der Waals surface area (Å²) in [4.78, 5) is 19.6. The number of ether oxygens (including phenoxy) is 4. The maximum absolute atomic E-state index is 12.6. The van der Waals surface area contributed by atoms with Gasteiger partial charge in [0.1, 0.15) is 23.9 Å². The summed E-state index contributed by atoms with van der Waals surface area (Å²) in [5, 5.41) is 0. The van der Waals surface area contributed by atoms with E-state index in [1.807, 2.05) is 49.4 Å². The molecule has 8 nitrogen and oxygen atoms in total. The standard InChI is InChI=1S/C34H38N2O6/c1-25-31(35-32(41-25)28-11-9-27(10-12-28)26-7-5-4-6-8-26)17-21-39-29-13-15-30(16-14-29)42-34(2,3)33(37)40-24-20-36-18-22-38-23-19-36/h4-16H,17-24H2,1-3H3. The van der Waals surface area contributed by atoms with Gasteiger partial charge in [0.25, 0.3) is 0 Å². The van der Waals surface area contributed by atoms with Crippen molar-refractivity contribution in [3.8, 4) is 34.1 Å². The van der Waals surface area contributed by atoms with Gasteiger partial charge < -0.3 is 23.4 Å². The van der Waals surface area contributed by atoms with Crippen LogP contribution in [0.2, 0.25) is 0 Å². The summed E-state index contributed by atoms with van der Waals surface area (Å²) in [6.45, 7) is 9.94. The number of rotatable bonds is 12. The Labute approximate surface area is 247 Å². The van der Waals surface area contributed by atoms with Crippen molar-refractivity contribution in [1.29, 1.82) is 0 Å². The van der Waals surface area contributed by atoms with Crippen molar-refractivity contribution in [1.82, 2.24) is 9.88 Å². The lowest BCUT2D eigenvalue weighted by atomic mass is 10.0. The van der Waals surface area contributed by atoms with Crippen LogP contribution in [0.25, 0.3) is 22.6 Å². The topological polar surface area (TPSA) is 83.3 Å². The number of benzene rings is 3. The van der Waals surface area contributed by atoms with Crippen LogP contribution >= 0.6 is 0 Å². The lowest BCUT2D eigenvalue weighted by Crippen LogP contribution is -2.42. The van der Waals surface area contributed by atoms with Crippen molar-refractivity contribution in [3.05, 3.63) is 90.3 Å². The van der Waals surface area contributed by atoms with Crippen LogP contribution < -0.4 is 9.47 Å². The van der Waals surface area contributed by atoms with Crippen molar-refractivity contribution < 1.29 is 28.2 Å². The highest BCUT2D eigenvalue weighted by Crippen LogP contribution is 2.27.